The van der Waals surface area contributed by atoms with Crippen LogP contribution in [0.3, 0.4) is 0 Å². The summed E-state index contributed by atoms with van der Waals surface area (Å²) in [5.74, 6) is -0.339. The quantitative estimate of drug-likeness (QED) is 0.609. The molecule has 0 saturated heterocycles. The molecule has 2 aromatic rings. The summed E-state index contributed by atoms with van der Waals surface area (Å²) in [5.41, 5.74) is 4.92. The summed E-state index contributed by atoms with van der Waals surface area (Å²) >= 11 is 5.40. The van der Waals surface area contributed by atoms with E-state index in [1.165, 1.54) is 16.7 Å². The smallest absolute Gasteiger partial charge is 0.338 e. The van der Waals surface area contributed by atoms with Crippen LogP contribution in [0, 0.1) is 13.8 Å². The van der Waals surface area contributed by atoms with Crippen LogP contribution in [-0.4, -0.2) is 17.7 Å². The second-order valence-corrected chi connectivity index (χ2v) is 6.39. The first-order chi connectivity index (χ1) is 11.9. The van der Waals surface area contributed by atoms with Crippen molar-refractivity contribution >= 4 is 29.0 Å². The molecule has 132 valence electrons. The standard InChI is InChI=1S/C20H24N2O2S/c1-5-24-19(23)16-7-6-8-17(12-16)22-20(25)21-15(4)18-10-9-13(2)11-14(18)3/h6-12,15H,5H2,1-4H3,(H2,21,22,25)/t15-/m0/s1. The van der Waals surface area contributed by atoms with Crippen LogP contribution in [0.5, 0.6) is 0 Å². The first-order valence-corrected chi connectivity index (χ1v) is 8.73. The van der Waals surface area contributed by atoms with E-state index < -0.39 is 0 Å². The third-order valence-electron chi connectivity index (χ3n) is 3.87. The van der Waals surface area contributed by atoms with E-state index in [0.717, 1.165) is 5.69 Å². The number of anilines is 1. The highest BCUT2D eigenvalue weighted by Gasteiger charge is 2.11. The van der Waals surface area contributed by atoms with E-state index >= 15 is 0 Å². The predicted octanol–water partition coefficient (Wildman–Crippen LogP) is 4.53. The van der Waals surface area contributed by atoms with Crippen LogP contribution < -0.4 is 10.6 Å². The number of hydrogen-bond donors (Lipinski definition) is 2. The summed E-state index contributed by atoms with van der Waals surface area (Å²) in [6.45, 7) is 8.38. The van der Waals surface area contributed by atoms with Gasteiger partial charge in [0.1, 0.15) is 0 Å². The molecule has 0 heterocycles. The van der Waals surface area contributed by atoms with Gasteiger partial charge in [-0.3, -0.25) is 0 Å². The third kappa shape index (κ3) is 5.29. The highest BCUT2D eigenvalue weighted by Crippen LogP contribution is 2.19. The summed E-state index contributed by atoms with van der Waals surface area (Å²) in [6, 6.07) is 13.6. The zero-order chi connectivity index (χ0) is 18.4. The molecule has 2 N–H and O–H groups in total. The van der Waals surface area contributed by atoms with E-state index in [4.69, 9.17) is 17.0 Å². The molecule has 0 fully saturated rings. The molecule has 0 amide bonds. The minimum Gasteiger partial charge on any atom is -0.462 e. The average Bonchev–Trinajstić information content (AvgIpc) is 2.55. The van der Waals surface area contributed by atoms with E-state index in [-0.39, 0.29) is 12.0 Å². The van der Waals surface area contributed by atoms with Gasteiger partial charge in [0.05, 0.1) is 18.2 Å². The molecule has 0 bridgehead atoms. The lowest BCUT2D eigenvalue weighted by atomic mass is 10.0. The number of carbonyl (C=O) groups excluding carboxylic acids is 1. The van der Waals surface area contributed by atoms with Crippen LogP contribution in [0.15, 0.2) is 42.5 Å². The molecule has 0 aliphatic heterocycles. The molecule has 0 aliphatic rings. The van der Waals surface area contributed by atoms with Crippen molar-refractivity contribution in [2.24, 2.45) is 0 Å². The molecular weight excluding hydrogens is 332 g/mol. The Bertz CT molecular complexity index is 774. The summed E-state index contributed by atoms with van der Waals surface area (Å²) in [4.78, 5) is 11.8. The lowest BCUT2D eigenvalue weighted by Crippen LogP contribution is -2.31. The van der Waals surface area contributed by atoms with E-state index in [9.17, 15) is 4.79 Å². The second-order valence-electron chi connectivity index (χ2n) is 5.98. The number of thiocarbonyl (C=S) groups is 1. The van der Waals surface area contributed by atoms with Gasteiger partial charge in [-0.1, -0.05) is 29.8 Å². The maximum absolute atomic E-state index is 11.8. The number of rotatable bonds is 5. The minimum atomic E-state index is -0.339. The predicted molar refractivity (Wildman–Crippen MR) is 106 cm³/mol. The number of esters is 1. The Hall–Kier alpha value is -2.40. The zero-order valence-corrected chi connectivity index (χ0v) is 15.9. The number of aryl methyl sites for hydroxylation is 2. The van der Waals surface area contributed by atoms with Gasteiger partial charge in [-0.25, -0.2) is 4.79 Å². The number of ether oxygens (including phenoxy) is 1. The highest BCUT2D eigenvalue weighted by molar-refractivity contribution is 7.80. The molecule has 0 radical (unpaired) electrons. The third-order valence-corrected chi connectivity index (χ3v) is 4.09. The largest absolute Gasteiger partial charge is 0.462 e. The van der Waals surface area contributed by atoms with Crippen molar-refractivity contribution in [2.75, 3.05) is 11.9 Å². The van der Waals surface area contributed by atoms with Gasteiger partial charge in [0.25, 0.3) is 0 Å². The molecule has 0 unspecified atom stereocenters. The maximum Gasteiger partial charge on any atom is 0.338 e. The fraction of sp³-hybridized carbons (Fsp3) is 0.300. The molecule has 0 aliphatic carbocycles. The van der Waals surface area contributed by atoms with Gasteiger partial charge in [0, 0.05) is 5.69 Å². The van der Waals surface area contributed by atoms with Crippen LogP contribution in [-0.2, 0) is 4.74 Å². The molecule has 4 nitrogen and oxygen atoms in total. The van der Waals surface area contributed by atoms with Crippen molar-refractivity contribution in [2.45, 2.75) is 33.7 Å². The normalized spacial score (nSPS) is 11.5. The number of benzene rings is 2. The van der Waals surface area contributed by atoms with Gasteiger partial charge < -0.3 is 15.4 Å². The summed E-state index contributed by atoms with van der Waals surface area (Å²) in [6.07, 6.45) is 0. The molecule has 25 heavy (non-hydrogen) atoms. The van der Waals surface area contributed by atoms with Crippen molar-refractivity contribution in [3.05, 3.63) is 64.7 Å². The Morgan fingerprint density at radius 2 is 1.96 bits per heavy atom. The molecular formula is C20H24N2O2S. The molecule has 1 atom stereocenters. The van der Waals surface area contributed by atoms with Crippen molar-refractivity contribution in [3.63, 3.8) is 0 Å². The summed E-state index contributed by atoms with van der Waals surface area (Å²) < 4.78 is 5.02. The lowest BCUT2D eigenvalue weighted by molar-refractivity contribution is 0.0526. The van der Waals surface area contributed by atoms with E-state index in [1.807, 2.05) is 6.07 Å². The number of hydrogen-bond acceptors (Lipinski definition) is 3. The fourth-order valence-corrected chi connectivity index (χ4v) is 2.99. The van der Waals surface area contributed by atoms with Gasteiger partial charge in [0.15, 0.2) is 5.11 Å². The van der Waals surface area contributed by atoms with E-state index in [1.54, 1.807) is 25.1 Å². The molecule has 0 spiro atoms. The monoisotopic (exact) mass is 356 g/mol. The lowest BCUT2D eigenvalue weighted by Gasteiger charge is -2.19. The molecule has 0 aromatic heterocycles. The van der Waals surface area contributed by atoms with Gasteiger partial charge in [-0.05, 0) is 69.2 Å². The fourth-order valence-electron chi connectivity index (χ4n) is 2.69. The molecule has 5 heteroatoms. The van der Waals surface area contributed by atoms with Crippen LogP contribution in [0.25, 0.3) is 0 Å². The summed E-state index contributed by atoms with van der Waals surface area (Å²) in [7, 11) is 0. The Morgan fingerprint density at radius 1 is 1.20 bits per heavy atom. The van der Waals surface area contributed by atoms with Crippen molar-refractivity contribution in [1.29, 1.82) is 0 Å². The molecule has 2 aromatic carbocycles. The van der Waals surface area contributed by atoms with Crippen LogP contribution in [0.2, 0.25) is 0 Å². The van der Waals surface area contributed by atoms with Crippen LogP contribution >= 0.6 is 12.2 Å². The summed E-state index contributed by atoms with van der Waals surface area (Å²) in [5, 5.41) is 6.91. The SMILES string of the molecule is CCOC(=O)c1cccc(NC(=S)N[C@@H](C)c2ccc(C)cc2C)c1. The number of carbonyl (C=O) groups is 1. The topological polar surface area (TPSA) is 50.4 Å². The van der Waals surface area contributed by atoms with Gasteiger partial charge in [-0.15, -0.1) is 0 Å². The Kier molecular flexibility index (Phi) is 6.53. The zero-order valence-electron chi connectivity index (χ0n) is 15.1. The van der Waals surface area contributed by atoms with E-state index in [0.29, 0.717) is 17.3 Å². The van der Waals surface area contributed by atoms with Gasteiger partial charge >= 0.3 is 5.97 Å². The van der Waals surface area contributed by atoms with E-state index in [2.05, 4.69) is 49.6 Å². The highest BCUT2D eigenvalue weighted by atomic mass is 32.1. The minimum absolute atomic E-state index is 0.0776. The van der Waals surface area contributed by atoms with Crippen molar-refractivity contribution in [3.8, 4) is 0 Å². The molecule has 2 rings (SSSR count). The average molecular weight is 356 g/mol. The molecule has 0 saturated carbocycles. The van der Waals surface area contributed by atoms with Crippen molar-refractivity contribution < 1.29 is 9.53 Å². The van der Waals surface area contributed by atoms with Gasteiger partial charge in [-0.2, -0.15) is 0 Å². The maximum atomic E-state index is 11.8. The van der Waals surface area contributed by atoms with Gasteiger partial charge in [0.2, 0.25) is 0 Å². The Labute approximate surface area is 154 Å². The van der Waals surface area contributed by atoms with Crippen LogP contribution in [0.4, 0.5) is 5.69 Å². The van der Waals surface area contributed by atoms with Crippen LogP contribution in [0.1, 0.15) is 46.9 Å². The Morgan fingerprint density at radius 3 is 2.64 bits per heavy atom. The first kappa shape index (κ1) is 18.9. The number of nitrogens with one attached hydrogen (secondary N) is 2. The van der Waals surface area contributed by atoms with Crippen molar-refractivity contribution in [1.82, 2.24) is 5.32 Å². The Balaban J connectivity index is 2.02. The first-order valence-electron chi connectivity index (χ1n) is 8.32. The second kappa shape index (κ2) is 8.62.